The first-order valence-corrected chi connectivity index (χ1v) is 16.4. The molecule has 0 unspecified atom stereocenters. The number of nitrogens with zero attached hydrogens (tertiary/aromatic N) is 3. The van der Waals surface area contributed by atoms with E-state index in [2.05, 4.69) is 6.92 Å². The van der Waals surface area contributed by atoms with E-state index in [1.54, 1.807) is 48.0 Å². The second-order valence-electron chi connectivity index (χ2n) is 10.3. The van der Waals surface area contributed by atoms with E-state index < -0.39 is 11.9 Å². The van der Waals surface area contributed by atoms with Gasteiger partial charge in [0.2, 0.25) is 0 Å². The smallest absolute Gasteiger partial charge is 0.336 e. The van der Waals surface area contributed by atoms with Crippen LogP contribution in [-0.2, 0) is 17.9 Å². The standard InChI is InChI=1S/C35H33N3O4S2/c1-2-3-4-13-32-36-35(43-22-24-14-18-26(19-15-24)28-9-5-7-11-30(28)33(39)40)38(37-32)44-23-25-16-20-27(21-17-25)29-10-6-8-12-31(29)34(41)42/h5-12,14-21H,2-4,13,22-23H2,1H3,(H,39,40)(H,41,42). The highest BCUT2D eigenvalue weighted by Crippen LogP contribution is 2.30. The number of carboxylic acid groups (broad SMARTS) is 2. The van der Waals surface area contributed by atoms with Crippen molar-refractivity contribution in [2.75, 3.05) is 0 Å². The first-order chi connectivity index (χ1) is 21.4. The van der Waals surface area contributed by atoms with Crippen LogP contribution >= 0.6 is 23.7 Å². The molecule has 0 saturated carbocycles. The van der Waals surface area contributed by atoms with E-state index in [0.29, 0.717) is 22.6 Å². The van der Waals surface area contributed by atoms with Crippen molar-refractivity contribution in [1.82, 2.24) is 14.2 Å². The molecular formula is C35H33N3O4S2. The summed E-state index contributed by atoms with van der Waals surface area (Å²) in [6.45, 7) is 2.18. The minimum Gasteiger partial charge on any atom is -0.478 e. The number of aromatic nitrogens is 3. The normalized spacial score (nSPS) is 11.0. The predicted molar refractivity (Wildman–Crippen MR) is 177 cm³/mol. The van der Waals surface area contributed by atoms with Gasteiger partial charge in [-0.3, -0.25) is 0 Å². The van der Waals surface area contributed by atoms with Crippen LogP contribution in [0.1, 0.15) is 63.9 Å². The van der Waals surface area contributed by atoms with Crippen molar-refractivity contribution in [3.05, 3.63) is 125 Å². The van der Waals surface area contributed by atoms with Crippen molar-refractivity contribution in [2.24, 2.45) is 0 Å². The zero-order chi connectivity index (χ0) is 30.9. The average Bonchev–Trinajstić information content (AvgIpc) is 3.45. The third-order valence-electron chi connectivity index (χ3n) is 7.16. The molecule has 0 aliphatic carbocycles. The SMILES string of the molecule is CCCCCc1nc(SCc2ccc(-c3ccccc3C(=O)O)cc2)n(SCc2ccc(-c3ccccc3C(=O)O)cc2)n1. The van der Waals surface area contributed by atoms with E-state index in [0.717, 1.165) is 58.9 Å². The number of unbranched alkanes of at least 4 members (excludes halogenated alkanes) is 2. The van der Waals surface area contributed by atoms with Gasteiger partial charge in [0.05, 0.1) is 11.1 Å². The third kappa shape index (κ3) is 7.78. The van der Waals surface area contributed by atoms with E-state index in [9.17, 15) is 19.8 Å². The molecule has 7 nitrogen and oxygen atoms in total. The Bertz CT molecular complexity index is 1610. The minimum atomic E-state index is -0.939. The van der Waals surface area contributed by atoms with Crippen molar-refractivity contribution in [2.45, 2.75) is 49.3 Å². The number of hydrogen-bond acceptors (Lipinski definition) is 6. The van der Waals surface area contributed by atoms with Gasteiger partial charge in [-0.15, -0.1) is 5.10 Å². The first-order valence-electron chi connectivity index (χ1n) is 14.5. The summed E-state index contributed by atoms with van der Waals surface area (Å²) < 4.78 is 1.91. The van der Waals surface area contributed by atoms with Gasteiger partial charge in [0.15, 0.2) is 11.0 Å². The summed E-state index contributed by atoms with van der Waals surface area (Å²) in [6, 6.07) is 30.0. The fourth-order valence-corrected chi connectivity index (χ4v) is 6.71. The maximum atomic E-state index is 11.7. The number of aryl methyl sites for hydroxylation is 1. The van der Waals surface area contributed by atoms with Gasteiger partial charge in [0, 0.05) is 17.9 Å². The zero-order valence-electron chi connectivity index (χ0n) is 24.3. The summed E-state index contributed by atoms with van der Waals surface area (Å²) in [7, 11) is 0. The van der Waals surface area contributed by atoms with Crippen LogP contribution in [0, 0.1) is 0 Å². The number of carboxylic acids is 2. The van der Waals surface area contributed by atoms with Crippen LogP contribution in [0.25, 0.3) is 22.3 Å². The largest absolute Gasteiger partial charge is 0.478 e. The van der Waals surface area contributed by atoms with Gasteiger partial charge in [-0.05, 0) is 63.9 Å². The van der Waals surface area contributed by atoms with Crippen molar-refractivity contribution < 1.29 is 19.8 Å². The second kappa shape index (κ2) is 14.9. The van der Waals surface area contributed by atoms with E-state index in [4.69, 9.17) is 10.1 Å². The Balaban J connectivity index is 1.27. The quantitative estimate of drug-likeness (QED) is 0.0935. The molecule has 0 spiro atoms. The molecular weight excluding hydrogens is 591 g/mol. The van der Waals surface area contributed by atoms with Crippen molar-refractivity contribution in [3.8, 4) is 22.3 Å². The van der Waals surface area contributed by atoms with Crippen LogP contribution in [0.3, 0.4) is 0 Å². The fourth-order valence-electron chi connectivity index (χ4n) is 4.82. The summed E-state index contributed by atoms with van der Waals surface area (Å²) in [6.07, 6.45) is 4.16. The van der Waals surface area contributed by atoms with Gasteiger partial charge >= 0.3 is 11.9 Å². The van der Waals surface area contributed by atoms with Crippen molar-refractivity contribution in [1.29, 1.82) is 0 Å². The Hall–Kier alpha value is -4.34. The van der Waals surface area contributed by atoms with Crippen LogP contribution in [0.4, 0.5) is 0 Å². The maximum absolute atomic E-state index is 11.7. The molecule has 0 amide bonds. The summed E-state index contributed by atoms with van der Waals surface area (Å²) in [5, 5.41) is 24.8. The van der Waals surface area contributed by atoms with E-state index in [-0.39, 0.29) is 11.1 Å². The lowest BCUT2D eigenvalue weighted by atomic mass is 9.99. The van der Waals surface area contributed by atoms with Gasteiger partial charge in [-0.2, -0.15) is 4.09 Å². The van der Waals surface area contributed by atoms with Gasteiger partial charge in [-0.1, -0.05) is 116 Å². The highest BCUT2D eigenvalue weighted by atomic mass is 32.2. The van der Waals surface area contributed by atoms with Crippen molar-refractivity contribution >= 4 is 35.6 Å². The monoisotopic (exact) mass is 623 g/mol. The molecule has 0 saturated heterocycles. The molecule has 44 heavy (non-hydrogen) atoms. The summed E-state index contributed by atoms with van der Waals surface area (Å²) >= 11 is 3.21. The Morgan fingerprint density at radius 3 is 1.75 bits per heavy atom. The number of benzene rings is 4. The van der Waals surface area contributed by atoms with E-state index >= 15 is 0 Å². The number of rotatable bonds is 14. The van der Waals surface area contributed by atoms with Crippen LogP contribution in [0.15, 0.2) is 102 Å². The molecule has 0 fully saturated rings. The number of thioether (sulfide) groups is 1. The molecule has 0 aliphatic heterocycles. The van der Waals surface area contributed by atoms with Gasteiger partial charge in [0.25, 0.3) is 0 Å². The van der Waals surface area contributed by atoms with Crippen molar-refractivity contribution in [3.63, 3.8) is 0 Å². The molecule has 9 heteroatoms. The Morgan fingerprint density at radius 1 is 0.705 bits per heavy atom. The fraction of sp³-hybridized carbons (Fsp3) is 0.200. The molecule has 1 aromatic heterocycles. The number of hydrogen-bond donors (Lipinski definition) is 2. The van der Waals surface area contributed by atoms with Gasteiger partial charge in [-0.25, -0.2) is 14.6 Å². The second-order valence-corrected chi connectivity index (χ2v) is 12.1. The maximum Gasteiger partial charge on any atom is 0.336 e. The van der Waals surface area contributed by atoms with Gasteiger partial charge < -0.3 is 10.2 Å². The molecule has 0 aliphatic rings. The molecule has 0 radical (unpaired) electrons. The lowest BCUT2D eigenvalue weighted by Crippen LogP contribution is -1.99. The lowest BCUT2D eigenvalue weighted by molar-refractivity contribution is 0.0687. The number of aromatic carboxylic acids is 2. The topological polar surface area (TPSA) is 105 Å². The predicted octanol–water partition coefficient (Wildman–Crippen LogP) is 8.73. The molecule has 1 heterocycles. The Kier molecular flexibility index (Phi) is 10.5. The molecule has 5 aromatic rings. The Labute approximate surface area is 265 Å². The number of carbonyl (C=O) groups is 2. The molecule has 0 bridgehead atoms. The molecule has 2 N–H and O–H groups in total. The van der Waals surface area contributed by atoms with E-state index in [1.807, 2.05) is 76.9 Å². The highest BCUT2D eigenvalue weighted by Gasteiger charge is 2.15. The summed E-state index contributed by atoms with van der Waals surface area (Å²) in [4.78, 5) is 28.2. The zero-order valence-corrected chi connectivity index (χ0v) is 26.0. The molecule has 224 valence electrons. The average molecular weight is 624 g/mol. The van der Waals surface area contributed by atoms with Gasteiger partial charge in [0.1, 0.15) is 0 Å². The summed E-state index contributed by atoms with van der Waals surface area (Å²) in [5.41, 5.74) is 5.91. The lowest BCUT2D eigenvalue weighted by Gasteiger charge is -2.09. The van der Waals surface area contributed by atoms with Crippen LogP contribution in [0.2, 0.25) is 0 Å². The molecule has 5 rings (SSSR count). The summed E-state index contributed by atoms with van der Waals surface area (Å²) in [5.74, 6) is 0.349. The molecule has 0 atom stereocenters. The van der Waals surface area contributed by atoms with Crippen LogP contribution in [-0.4, -0.2) is 36.3 Å². The minimum absolute atomic E-state index is 0.286. The third-order valence-corrected chi connectivity index (χ3v) is 9.24. The van der Waals surface area contributed by atoms with Crippen LogP contribution in [0.5, 0.6) is 0 Å². The van der Waals surface area contributed by atoms with E-state index in [1.165, 1.54) is 0 Å². The molecule has 4 aromatic carbocycles. The van der Waals surface area contributed by atoms with Crippen LogP contribution < -0.4 is 0 Å². The Morgan fingerprint density at radius 2 is 1.23 bits per heavy atom. The highest BCUT2D eigenvalue weighted by molar-refractivity contribution is 8.00. The first kappa shape index (κ1) is 31.1.